The van der Waals surface area contributed by atoms with Crippen LogP contribution in [0.4, 0.5) is 4.39 Å². The Morgan fingerprint density at radius 1 is 1.17 bits per heavy atom. The lowest BCUT2D eigenvalue weighted by Crippen LogP contribution is -2.41. The van der Waals surface area contributed by atoms with Gasteiger partial charge in [-0.3, -0.25) is 4.79 Å². The molecule has 1 aromatic rings. The standard InChI is InChI=1S/C18H26BFO4/c1-16(2,3)22-15(21)11-12-8-9-14(20)13(10-12)19-23-17(4,5)18(6,7)24-19/h8-10H,11H2,1-7H3. The van der Waals surface area contributed by atoms with Gasteiger partial charge < -0.3 is 14.0 Å². The fourth-order valence-corrected chi connectivity index (χ4v) is 2.40. The summed E-state index contributed by atoms with van der Waals surface area (Å²) in [6, 6.07) is 4.52. The largest absolute Gasteiger partial charge is 0.497 e. The second-order valence-electron chi connectivity index (χ2n) is 8.21. The van der Waals surface area contributed by atoms with E-state index in [0.717, 1.165) is 0 Å². The topological polar surface area (TPSA) is 44.8 Å². The van der Waals surface area contributed by atoms with E-state index in [-0.39, 0.29) is 12.4 Å². The minimum Gasteiger partial charge on any atom is -0.460 e. The Bertz CT molecular complexity index is 618. The van der Waals surface area contributed by atoms with Crippen LogP contribution in [-0.2, 0) is 25.3 Å². The molecule has 1 aromatic carbocycles. The summed E-state index contributed by atoms with van der Waals surface area (Å²) in [6.07, 6.45) is 0.0735. The van der Waals surface area contributed by atoms with Crippen LogP contribution < -0.4 is 5.46 Å². The van der Waals surface area contributed by atoms with Gasteiger partial charge in [0, 0.05) is 5.46 Å². The third kappa shape index (κ3) is 4.17. The molecule has 2 rings (SSSR count). The number of benzene rings is 1. The van der Waals surface area contributed by atoms with Crippen LogP contribution in [0.2, 0.25) is 0 Å². The van der Waals surface area contributed by atoms with Gasteiger partial charge in [0.15, 0.2) is 0 Å². The van der Waals surface area contributed by atoms with E-state index in [1.54, 1.807) is 12.1 Å². The van der Waals surface area contributed by atoms with Gasteiger partial charge in [0.25, 0.3) is 0 Å². The number of esters is 1. The number of hydrogen-bond donors (Lipinski definition) is 0. The highest BCUT2D eigenvalue weighted by Crippen LogP contribution is 2.36. The zero-order valence-corrected chi connectivity index (χ0v) is 15.5. The van der Waals surface area contributed by atoms with Gasteiger partial charge in [0.2, 0.25) is 0 Å². The number of rotatable bonds is 3. The molecular weight excluding hydrogens is 310 g/mol. The van der Waals surface area contributed by atoms with Crippen molar-refractivity contribution in [1.82, 2.24) is 0 Å². The first kappa shape index (κ1) is 18.9. The molecule has 0 N–H and O–H groups in total. The molecular formula is C18H26BFO4. The molecule has 1 heterocycles. The highest BCUT2D eigenvalue weighted by atomic mass is 19.1. The summed E-state index contributed by atoms with van der Waals surface area (Å²) in [7, 11) is -0.798. The van der Waals surface area contributed by atoms with Gasteiger partial charge in [-0.05, 0) is 60.1 Å². The lowest BCUT2D eigenvalue weighted by atomic mass is 9.77. The molecule has 0 amide bonds. The molecule has 0 aliphatic carbocycles. The molecule has 24 heavy (non-hydrogen) atoms. The second-order valence-corrected chi connectivity index (χ2v) is 8.21. The van der Waals surface area contributed by atoms with E-state index in [4.69, 9.17) is 14.0 Å². The van der Waals surface area contributed by atoms with Gasteiger partial charge in [-0.2, -0.15) is 0 Å². The number of halogens is 1. The Hall–Kier alpha value is -1.40. The molecule has 1 saturated heterocycles. The van der Waals surface area contributed by atoms with E-state index in [9.17, 15) is 9.18 Å². The summed E-state index contributed by atoms with van der Waals surface area (Å²) in [5.41, 5.74) is -0.688. The van der Waals surface area contributed by atoms with Crippen molar-refractivity contribution in [3.05, 3.63) is 29.6 Å². The average Bonchev–Trinajstić information content (AvgIpc) is 2.58. The molecule has 0 radical (unpaired) electrons. The molecule has 0 spiro atoms. The Labute approximate surface area is 143 Å². The molecule has 132 valence electrons. The summed E-state index contributed by atoms with van der Waals surface area (Å²) in [4.78, 5) is 12.0. The normalized spacial score (nSPS) is 19.4. The molecule has 0 aromatic heterocycles. The van der Waals surface area contributed by atoms with Crippen molar-refractivity contribution in [3.63, 3.8) is 0 Å². The van der Waals surface area contributed by atoms with Crippen molar-refractivity contribution in [2.45, 2.75) is 71.7 Å². The highest BCUT2D eigenvalue weighted by Gasteiger charge is 2.52. The third-order valence-electron chi connectivity index (χ3n) is 4.34. The third-order valence-corrected chi connectivity index (χ3v) is 4.34. The van der Waals surface area contributed by atoms with E-state index >= 15 is 0 Å². The number of carbonyl (C=O) groups is 1. The lowest BCUT2D eigenvalue weighted by Gasteiger charge is -2.32. The van der Waals surface area contributed by atoms with Crippen molar-refractivity contribution < 1.29 is 23.2 Å². The van der Waals surface area contributed by atoms with E-state index in [0.29, 0.717) is 11.0 Å². The first-order valence-corrected chi connectivity index (χ1v) is 8.16. The van der Waals surface area contributed by atoms with Gasteiger partial charge in [-0.1, -0.05) is 12.1 Å². The fourth-order valence-electron chi connectivity index (χ4n) is 2.40. The van der Waals surface area contributed by atoms with Gasteiger partial charge in [-0.15, -0.1) is 0 Å². The van der Waals surface area contributed by atoms with Gasteiger partial charge in [0.05, 0.1) is 17.6 Å². The zero-order chi connectivity index (χ0) is 18.3. The van der Waals surface area contributed by atoms with Crippen LogP contribution in [0, 0.1) is 5.82 Å². The maximum absolute atomic E-state index is 14.3. The smallest absolute Gasteiger partial charge is 0.460 e. The lowest BCUT2D eigenvalue weighted by molar-refractivity contribution is -0.153. The maximum atomic E-state index is 14.3. The molecule has 0 bridgehead atoms. The first-order valence-electron chi connectivity index (χ1n) is 8.16. The maximum Gasteiger partial charge on any atom is 0.497 e. The van der Waals surface area contributed by atoms with Crippen LogP contribution in [0.1, 0.15) is 54.0 Å². The number of ether oxygens (including phenoxy) is 1. The highest BCUT2D eigenvalue weighted by molar-refractivity contribution is 6.62. The quantitative estimate of drug-likeness (QED) is 0.629. The zero-order valence-electron chi connectivity index (χ0n) is 15.5. The number of carbonyl (C=O) groups excluding carboxylic acids is 1. The van der Waals surface area contributed by atoms with Crippen LogP contribution in [-0.4, -0.2) is 29.9 Å². The van der Waals surface area contributed by atoms with Gasteiger partial charge in [0.1, 0.15) is 11.4 Å². The number of hydrogen-bond acceptors (Lipinski definition) is 4. The Kier molecular flexibility index (Phi) is 4.86. The molecule has 1 aliphatic rings. The fraction of sp³-hybridized carbons (Fsp3) is 0.611. The Balaban J connectivity index is 2.20. The summed E-state index contributed by atoms with van der Waals surface area (Å²) in [5, 5.41) is 0. The van der Waals surface area contributed by atoms with Crippen molar-refractivity contribution in [1.29, 1.82) is 0 Å². The SMILES string of the molecule is CC(C)(C)OC(=O)Cc1ccc(F)c(B2OC(C)(C)C(C)(C)O2)c1. The average molecular weight is 336 g/mol. The summed E-state index contributed by atoms with van der Waals surface area (Å²) in [6.45, 7) is 13.1. The Morgan fingerprint density at radius 3 is 2.21 bits per heavy atom. The summed E-state index contributed by atoms with van der Waals surface area (Å²) >= 11 is 0. The molecule has 1 aliphatic heterocycles. The monoisotopic (exact) mass is 336 g/mol. The van der Waals surface area contributed by atoms with E-state index in [2.05, 4.69) is 0 Å². The predicted molar refractivity (Wildman–Crippen MR) is 91.7 cm³/mol. The van der Waals surface area contributed by atoms with Crippen molar-refractivity contribution in [3.8, 4) is 0 Å². The van der Waals surface area contributed by atoms with Gasteiger partial charge >= 0.3 is 13.1 Å². The van der Waals surface area contributed by atoms with Crippen LogP contribution in [0.15, 0.2) is 18.2 Å². The van der Waals surface area contributed by atoms with Crippen LogP contribution in [0.5, 0.6) is 0 Å². The molecule has 0 atom stereocenters. The molecule has 0 saturated carbocycles. The molecule has 6 heteroatoms. The second kappa shape index (κ2) is 6.15. The molecule has 0 unspecified atom stereocenters. The van der Waals surface area contributed by atoms with Crippen LogP contribution in [0.3, 0.4) is 0 Å². The van der Waals surface area contributed by atoms with E-state index in [1.165, 1.54) is 6.07 Å². The van der Waals surface area contributed by atoms with Crippen molar-refractivity contribution in [2.75, 3.05) is 0 Å². The van der Waals surface area contributed by atoms with Gasteiger partial charge in [-0.25, -0.2) is 4.39 Å². The first-order chi connectivity index (χ1) is 10.8. The van der Waals surface area contributed by atoms with Crippen molar-refractivity contribution in [2.24, 2.45) is 0 Å². The Morgan fingerprint density at radius 2 is 1.71 bits per heavy atom. The van der Waals surface area contributed by atoms with Crippen molar-refractivity contribution >= 4 is 18.6 Å². The van der Waals surface area contributed by atoms with E-state index < -0.39 is 29.7 Å². The summed E-state index contributed by atoms with van der Waals surface area (Å²) in [5.74, 6) is -0.768. The molecule has 1 fully saturated rings. The molecule has 4 nitrogen and oxygen atoms in total. The minimum absolute atomic E-state index is 0.0735. The summed E-state index contributed by atoms with van der Waals surface area (Å²) < 4.78 is 31.4. The van der Waals surface area contributed by atoms with E-state index in [1.807, 2.05) is 48.5 Å². The van der Waals surface area contributed by atoms with Crippen LogP contribution in [0.25, 0.3) is 0 Å². The minimum atomic E-state index is -0.798. The predicted octanol–water partition coefficient (Wildman–Crippen LogP) is 3.01. The van der Waals surface area contributed by atoms with Crippen LogP contribution >= 0.6 is 0 Å².